The third-order valence-corrected chi connectivity index (χ3v) is 3.44. The van der Waals surface area contributed by atoms with E-state index in [1.807, 2.05) is 0 Å². The maximum Gasteiger partial charge on any atom is 0.255 e. The summed E-state index contributed by atoms with van der Waals surface area (Å²) in [5.41, 5.74) is 0.552. The van der Waals surface area contributed by atoms with E-state index in [1.165, 1.54) is 48.5 Å². The lowest BCUT2D eigenvalue weighted by Gasteiger charge is -2.07. The topological polar surface area (TPSA) is 109 Å². The van der Waals surface area contributed by atoms with Gasteiger partial charge in [0.15, 0.2) is 0 Å². The largest absolute Gasteiger partial charge is 0.508 e. The molecule has 4 N–H and O–H groups in total. The van der Waals surface area contributed by atoms with Gasteiger partial charge in [-0.1, -0.05) is 12.1 Å². The molecule has 0 aromatic heterocycles. The standard InChI is InChI=1S/C13H12N2O4S/c14-20(18,19)12-6-2-4-10(8-12)15-13(17)9-3-1-5-11(16)7-9/h1-8,16H,(H,15,17)(H2,14,18,19). The number of rotatable bonds is 3. The number of anilines is 1. The van der Waals surface area contributed by atoms with Gasteiger partial charge in [0, 0.05) is 11.3 Å². The van der Waals surface area contributed by atoms with Crippen LogP contribution in [0.25, 0.3) is 0 Å². The van der Waals surface area contributed by atoms with Crippen LogP contribution in [-0.4, -0.2) is 19.4 Å². The number of amides is 1. The van der Waals surface area contributed by atoms with E-state index in [1.54, 1.807) is 0 Å². The molecule has 0 aliphatic rings. The van der Waals surface area contributed by atoms with E-state index in [2.05, 4.69) is 5.32 Å². The first kappa shape index (κ1) is 14.0. The van der Waals surface area contributed by atoms with Crippen LogP contribution >= 0.6 is 0 Å². The number of benzene rings is 2. The number of phenols is 1. The number of sulfonamides is 1. The number of primary sulfonamides is 1. The molecule has 0 saturated carbocycles. The maximum atomic E-state index is 11.9. The molecule has 104 valence electrons. The van der Waals surface area contributed by atoms with Crippen molar-refractivity contribution in [1.82, 2.24) is 0 Å². The van der Waals surface area contributed by atoms with Gasteiger partial charge in [0.05, 0.1) is 4.90 Å². The molecule has 0 fully saturated rings. The molecule has 0 bridgehead atoms. The average molecular weight is 292 g/mol. The summed E-state index contributed by atoms with van der Waals surface area (Å²) in [6, 6.07) is 11.4. The molecule has 0 atom stereocenters. The Balaban J connectivity index is 2.25. The van der Waals surface area contributed by atoms with Crippen LogP contribution in [0.5, 0.6) is 5.75 Å². The minimum Gasteiger partial charge on any atom is -0.508 e. The number of nitrogens with two attached hydrogens (primary N) is 1. The number of carbonyl (C=O) groups is 1. The highest BCUT2D eigenvalue weighted by atomic mass is 32.2. The Morgan fingerprint density at radius 2 is 1.80 bits per heavy atom. The van der Waals surface area contributed by atoms with Crippen LogP contribution in [0.2, 0.25) is 0 Å². The molecule has 0 radical (unpaired) electrons. The fraction of sp³-hybridized carbons (Fsp3) is 0. The lowest BCUT2D eigenvalue weighted by atomic mass is 10.2. The minimum atomic E-state index is -3.82. The quantitative estimate of drug-likeness (QED) is 0.791. The number of hydrogen-bond donors (Lipinski definition) is 3. The minimum absolute atomic E-state index is 0.0315. The van der Waals surface area contributed by atoms with Crippen molar-refractivity contribution in [2.75, 3.05) is 5.32 Å². The van der Waals surface area contributed by atoms with Crippen LogP contribution in [-0.2, 0) is 10.0 Å². The van der Waals surface area contributed by atoms with Crippen molar-refractivity contribution in [3.8, 4) is 5.75 Å². The lowest BCUT2D eigenvalue weighted by Crippen LogP contribution is -2.14. The summed E-state index contributed by atoms with van der Waals surface area (Å²) in [5.74, 6) is -0.497. The molecule has 7 heteroatoms. The summed E-state index contributed by atoms with van der Waals surface area (Å²) < 4.78 is 22.4. The number of nitrogens with one attached hydrogen (secondary N) is 1. The molecule has 20 heavy (non-hydrogen) atoms. The smallest absolute Gasteiger partial charge is 0.255 e. The number of hydrogen-bond acceptors (Lipinski definition) is 4. The van der Waals surface area contributed by atoms with Gasteiger partial charge in [0.1, 0.15) is 5.75 Å². The fourth-order valence-corrected chi connectivity index (χ4v) is 2.16. The first-order valence-electron chi connectivity index (χ1n) is 5.59. The molecule has 0 aliphatic carbocycles. The highest BCUT2D eigenvalue weighted by molar-refractivity contribution is 7.89. The number of aromatic hydroxyl groups is 1. The molecule has 0 aliphatic heterocycles. The maximum absolute atomic E-state index is 11.9. The van der Waals surface area contributed by atoms with E-state index in [0.29, 0.717) is 5.69 Å². The highest BCUT2D eigenvalue weighted by Crippen LogP contribution is 2.16. The number of carbonyl (C=O) groups excluding carboxylic acids is 1. The molecule has 0 spiro atoms. The van der Waals surface area contributed by atoms with Crippen LogP contribution in [0, 0.1) is 0 Å². The van der Waals surface area contributed by atoms with E-state index in [0.717, 1.165) is 0 Å². The molecule has 6 nitrogen and oxygen atoms in total. The van der Waals surface area contributed by atoms with Crippen LogP contribution in [0.15, 0.2) is 53.4 Å². The summed E-state index contributed by atoms with van der Waals surface area (Å²) in [5, 5.41) is 16.8. The lowest BCUT2D eigenvalue weighted by molar-refractivity contribution is 0.102. The van der Waals surface area contributed by atoms with Gasteiger partial charge in [0.25, 0.3) is 5.91 Å². The Bertz CT molecular complexity index is 756. The molecule has 0 saturated heterocycles. The van der Waals surface area contributed by atoms with Crippen molar-refractivity contribution >= 4 is 21.6 Å². The predicted molar refractivity (Wildman–Crippen MR) is 73.9 cm³/mol. The average Bonchev–Trinajstić information content (AvgIpc) is 2.38. The Labute approximate surface area is 115 Å². The van der Waals surface area contributed by atoms with Crippen molar-refractivity contribution in [3.05, 3.63) is 54.1 Å². The fourth-order valence-electron chi connectivity index (χ4n) is 1.60. The van der Waals surface area contributed by atoms with Crippen LogP contribution in [0.1, 0.15) is 10.4 Å². The third kappa shape index (κ3) is 3.34. The highest BCUT2D eigenvalue weighted by Gasteiger charge is 2.10. The van der Waals surface area contributed by atoms with Gasteiger partial charge in [-0.2, -0.15) is 0 Å². The zero-order chi connectivity index (χ0) is 14.8. The van der Waals surface area contributed by atoms with Gasteiger partial charge in [-0.15, -0.1) is 0 Å². The Morgan fingerprint density at radius 3 is 2.45 bits per heavy atom. The molecule has 0 unspecified atom stereocenters. The summed E-state index contributed by atoms with van der Waals surface area (Å²) in [6.45, 7) is 0. The van der Waals surface area contributed by atoms with E-state index in [9.17, 15) is 18.3 Å². The first-order valence-corrected chi connectivity index (χ1v) is 7.14. The Hall–Kier alpha value is -2.38. The molecule has 2 rings (SSSR count). The molecule has 2 aromatic carbocycles. The van der Waals surface area contributed by atoms with Gasteiger partial charge in [-0.3, -0.25) is 4.79 Å². The summed E-state index contributed by atoms with van der Waals surface area (Å²) in [6.07, 6.45) is 0. The van der Waals surface area contributed by atoms with Gasteiger partial charge < -0.3 is 10.4 Å². The van der Waals surface area contributed by atoms with Crippen LogP contribution in [0.3, 0.4) is 0 Å². The molecular weight excluding hydrogens is 280 g/mol. The predicted octanol–water partition coefficient (Wildman–Crippen LogP) is 1.29. The Morgan fingerprint density at radius 1 is 1.10 bits per heavy atom. The van der Waals surface area contributed by atoms with Crippen molar-refractivity contribution in [3.63, 3.8) is 0 Å². The van der Waals surface area contributed by atoms with Gasteiger partial charge in [0.2, 0.25) is 10.0 Å². The van der Waals surface area contributed by atoms with E-state index in [4.69, 9.17) is 5.14 Å². The van der Waals surface area contributed by atoms with Crippen molar-refractivity contribution in [2.24, 2.45) is 5.14 Å². The van der Waals surface area contributed by atoms with Crippen molar-refractivity contribution in [2.45, 2.75) is 4.90 Å². The zero-order valence-electron chi connectivity index (χ0n) is 10.3. The SMILES string of the molecule is NS(=O)(=O)c1cccc(NC(=O)c2cccc(O)c2)c1. The first-order chi connectivity index (χ1) is 9.36. The van der Waals surface area contributed by atoms with E-state index >= 15 is 0 Å². The van der Waals surface area contributed by atoms with Crippen LogP contribution in [0.4, 0.5) is 5.69 Å². The second kappa shape index (κ2) is 5.32. The summed E-state index contributed by atoms with van der Waals surface area (Å²) in [4.78, 5) is 11.8. The molecule has 1 amide bonds. The summed E-state index contributed by atoms with van der Waals surface area (Å²) in [7, 11) is -3.82. The second-order valence-corrected chi connectivity index (χ2v) is 5.64. The van der Waals surface area contributed by atoms with Crippen molar-refractivity contribution < 1.29 is 18.3 Å². The summed E-state index contributed by atoms with van der Waals surface area (Å²) >= 11 is 0. The third-order valence-electron chi connectivity index (χ3n) is 2.53. The second-order valence-electron chi connectivity index (χ2n) is 4.08. The molecule has 2 aromatic rings. The Kier molecular flexibility index (Phi) is 3.73. The van der Waals surface area contributed by atoms with Gasteiger partial charge in [-0.05, 0) is 36.4 Å². The van der Waals surface area contributed by atoms with Crippen LogP contribution < -0.4 is 10.5 Å². The van der Waals surface area contributed by atoms with E-state index in [-0.39, 0.29) is 16.2 Å². The number of phenolic OH excluding ortho intramolecular Hbond substituents is 1. The molecular formula is C13H12N2O4S. The van der Waals surface area contributed by atoms with Gasteiger partial charge in [-0.25, -0.2) is 13.6 Å². The zero-order valence-corrected chi connectivity index (χ0v) is 11.1. The monoisotopic (exact) mass is 292 g/mol. The van der Waals surface area contributed by atoms with Crippen molar-refractivity contribution in [1.29, 1.82) is 0 Å². The van der Waals surface area contributed by atoms with E-state index < -0.39 is 15.9 Å². The normalized spacial score (nSPS) is 11.1. The molecule has 0 heterocycles. The van der Waals surface area contributed by atoms with Gasteiger partial charge >= 0.3 is 0 Å².